The molecule has 11 nitrogen and oxygen atoms in total. The van der Waals surface area contributed by atoms with Gasteiger partial charge in [-0.1, -0.05) is 47.5 Å². The summed E-state index contributed by atoms with van der Waals surface area (Å²) in [6, 6.07) is 20.7. The van der Waals surface area contributed by atoms with Crippen molar-refractivity contribution in [3.63, 3.8) is 0 Å². The summed E-state index contributed by atoms with van der Waals surface area (Å²) in [7, 11) is -11.6. The number of rotatable bonds is 14. The number of benzene rings is 5. The monoisotopic (exact) mass is 826 g/mol. The average molecular weight is 828 g/mol. The van der Waals surface area contributed by atoms with Crippen molar-refractivity contribution in [1.29, 1.82) is 0 Å². The van der Waals surface area contributed by atoms with Crippen molar-refractivity contribution in [3.05, 3.63) is 135 Å². The van der Waals surface area contributed by atoms with Crippen LogP contribution in [0.4, 0.5) is 8.78 Å². The van der Waals surface area contributed by atoms with Gasteiger partial charge in [-0.25, -0.2) is 38.8 Å². The Morgan fingerprint density at radius 2 is 1.42 bits per heavy atom. The SMILES string of the molecule is COc1cccc(S(=O)(=O)NCc2cc(CN(Cc3cccc(S(C)(=O)=O)c3)S(=O)(=O)c3cc(Cl)cc(Cl)c3O)cc(Oc3ccc(F)cc3)c2)c1F. The van der Waals surface area contributed by atoms with Crippen LogP contribution in [0.3, 0.4) is 0 Å². The zero-order valence-electron chi connectivity index (χ0n) is 27.8. The number of methoxy groups -OCH3 is 1. The van der Waals surface area contributed by atoms with Crippen LogP contribution >= 0.6 is 23.2 Å². The number of nitrogens with one attached hydrogen (secondary N) is 1. The average Bonchev–Trinajstić information content (AvgIpc) is 3.09. The number of sulfone groups is 1. The largest absolute Gasteiger partial charge is 0.505 e. The third kappa shape index (κ3) is 9.64. The molecule has 5 aromatic carbocycles. The zero-order valence-corrected chi connectivity index (χ0v) is 31.7. The Morgan fingerprint density at radius 1 is 0.755 bits per heavy atom. The highest BCUT2D eigenvalue weighted by Gasteiger charge is 2.30. The predicted octanol–water partition coefficient (Wildman–Crippen LogP) is 7.05. The van der Waals surface area contributed by atoms with Crippen LogP contribution in [-0.2, 0) is 49.5 Å². The highest BCUT2D eigenvalue weighted by molar-refractivity contribution is 7.90. The van der Waals surface area contributed by atoms with Gasteiger partial charge < -0.3 is 14.6 Å². The molecule has 0 aromatic heterocycles. The Kier molecular flexibility index (Phi) is 12.0. The molecule has 5 rings (SSSR count). The van der Waals surface area contributed by atoms with E-state index in [-0.39, 0.29) is 48.9 Å². The Bertz CT molecular complexity index is 2510. The second-order valence-corrected chi connectivity index (χ2v) is 18.1. The molecule has 5 aromatic rings. The molecule has 0 amide bonds. The summed E-state index contributed by atoms with van der Waals surface area (Å²) < 4.78 is 122. The first-order valence-electron chi connectivity index (χ1n) is 15.2. The topological polar surface area (TPSA) is 156 Å². The third-order valence-electron chi connectivity index (χ3n) is 7.63. The first kappa shape index (κ1) is 39.9. The van der Waals surface area contributed by atoms with Crippen LogP contribution in [0.5, 0.6) is 23.0 Å². The molecule has 0 aliphatic carbocycles. The van der Waals surface area contributed by atoms with Gasteiger partial charge in [0.25, 0.3) is 0 Å². The van der Waals surface area contributed by atoms with Gasteiger partial charge in [0.2, 0.25) is 20.0 Å². The normalized spacial score (nSPS) is 12.2. The molecule has 0 saturated heterocycles. The van der Waals surface area contributed by atoms with E-state index in [4.69, 9.17) is 32.7 Å². The molecule has 0 fully saturated rings. The smallest absolute Gasteiger partial charge is 0.247 e. The molecule has 2 N–H and O–H groups in total. The fraction of sp³-hybridized carbons (Fsp3) is 0.143. The van der Waals surface area contributed by atoms with Gasteiger partial charge in [0, 0.05) is 30.9 Å². The van der Waals surface area contributed by atoms with Crippen molar-refractivity contribution >= 4 is 53.1 Å². The van der Waals surface area contributed by atoms with E-state index in [2.05, 4.69) is 4.72 Å². The molecule has 0 radical (unpaired) electrons. The standard InChI is InChI=1S/C35H30Cl2F2N2O9S3/c1-49-31-7-4-8-32(34(31)39)52(45,46)40-19-23-13-24(15-28(14-23)50-27-11-9-26(38)10-12-27)21-41(20-22-5-3-6-29(16-22)51(2,43)44)53(47,48)33-18-25(36)17-30(37)35(33)42/h3-18,40,42H,19-21H2,1-2H3. The van der Waals surface area contributed by atoms with Crippen LogP contribution in [0.25, 0.3) is 0 Å². The maximum Gasteiger partial charge on any atom is 0.247 e. The lowest BCUT2D eigenvalue weighted by Gasteiger charge is -2.24. The first-order chi connectivity index (χ1) is 24.9. The summed E-state index contributed by atoms with van der Waals surface area (Å²) in [4.78, 5) is -1.39. The molecule has 18 heteroatoms. The van der Waals surface area contributed by atoms with E-state index in [0.717, 1.165) is 40.9 Å². The van der Waals surface area contributed by atoms with Gasteiger partial charge in [-0.2, -0.15) is 4.31 Å². The van der Waals surface area contributed by atoms with Crippen molar-refractivity contribution in [2.24, 2.45) is 0 Å². The van der Waals surface area contributed by atoms with Crippen molar-refractivity contribution in [2.45, 2.75) is 34.3 Å². The van der Waals surface area contributed by atoms with Crippen LogP contribution in [-0.4, -0.2) is 48.0 Å². The molecule has 0 heterocycles. The van der Waals surface area contributed by atoms with Crippen molar-refractivity contribution in [3.8, 4) is 23.0 Å². The van der Waals surface area contributed by atoms with Crippen LogP contribution in [0.15, 0.2) is 112 Å². The van der Waals surface area contributed by atoms with Crippen LogP contribution in [0.2, 0.25) is 10.0 Å². The van der Waals surface area contributed by atoms with Gasteiger partial charge in [-0.15, -0.1) is 0 Å². The molecule has 280 valence electrons. The van der Waals surface area contributed by atoms with Gasteiger partial charge in [0.1, 0.15) is 27.1 Å². The summed E-state index contributed by atoms with van der Waals surface area (Å²) in [5.41, 5.74) is 0.717. The van der Waals surface area contributed by atoms with Crippen molar-refractivity contribution in [1.82, 2.24) is 9.03 Å². The van der Waals surface area contributed by atoms with E-state index in [1.54, 1.807) is 0 Å². The third-order valence-corrected chi connectivity index (χ3v) is 12.5. The molecular weight excluding hydrogens is 797 g/mol. The van der Waals surface area contributed by atoms with E-state index in [9.17, 15) is 39.1 Å². The number of halogens is 4. The minimum absolute atomic E-state index is 0.0715. The lowest BCUT2D eigenvalue weighted by atomic mass is 10.1. The number of ether oxygens (including phenoxy) is 2. The molecule has 0 unspecified atom stereocenters. The molecule has 0 aliphatic rings. The zero-order chi connectivity index (χ0) is 38.7. The highest BCUT2D eigenvalue weighted by Crippen LogP contribution is 2.37. The Labute approximate surface area is 315 Å². The van der Waals surface area contributed by atoms with E-state index in [0.29, 0.717) is 0 Å². The van der Waals surface area contributed by atoms with Gasteiger partial charge >= 0.3 is 0 Å². The number of aromatic hydroxyl groups is 1. The Morgan fingerprint density at radius 3 is 2.09 bits per heavy atom. The van der Waals surface area contributed by atoms with Gasteiger partial charge in [0.05, 0.1) is 17.0 Å². The van der Waals surface area contributed by atoms with Crippen molar-refractivity contribution < 1.29 is 48.6 Å². The second-order valence-electron chi connectivity index (χ2n) is 11.6. The van der Waals surface area contributed by atoms with Gasteiger partial charge in [0.15, 0.2) is 27.2 Å². The molecule has 0 saturated carbocycles. The van der Waals surface area contributed by atoms with Crippen LogP contribution in [0, 0.1) is 11.6 Å². The summed E-state index contributed by atoms with van der Waals surface area (Å²) in [6.07, 6.45) is 0.998. The minimum Gasteiger partial charge on any atom is -0.505 e. The van der Waals surface area contributed by atoms with Crippen LogP contribution < -0.4 is 14.2 Å². The van der Waals surface area contributed by atoms with E-state index in [1.165, 1.54) is 73.8 Å². The molecule has 0 aliphatic heterocycles. The molecule has 0 spiro atoms. The van der Waals surface area contributed by atoms with E-state index < -0.39 is 76.7 Å². The predicted molar refractivity (Wildman–Crippen MR) is 194 cm³/mol. The lowest BCUT2D eigenvalue weighted by molar-refractivity contribution is 0.380. The summed E-state index contributed by atoms with van der Waals surface area (Å²) >= 11 is 12.2. The highest BCUT2D eigenvalue weighted by atomic mass is 35.5. The van der Waals surface area contributed by atoms with Gasteiger partial charge in [-0.05, 0) is 89.5 Å². The molecule has 0 atom stereocenters. The van der Waals surface area contributed by atoms with Gasteiger partial charge in [-0.3, -0.25) is 0 Å². The maximum atomic E-state index is 14.9. The number of sulfonamides is 2. The number of hydrogen-bond donors (Lipinski definition) is 2. The summed E-state index contributed by atoms with van der Waals surface area (Å²) in [6.45, 7) is -1.31. The number of phenolic OH excluding ortho intramolecular Hbond substituents is 1. The fourth-order valence-electron chi connectivity index (χ4n) is 5.12. The minimum atomic E-state index is -4.68. The lowest BCUT2D eigenvalue weighted by Crippen LogP contribution is -2.30. The first-order valence-corrected chi connectivity index (χ1v) is 20.8. The van der Waals surface area contributed by atoms with E-state index in [1.807, 2.05) is 0 Å². The molecule has 53 heavy (non-hydrogen) atoms. The van der Waals surface area contributed by atoms with Crippen LogP contribution in [0.1, 0.15) is 16.7 Å². The second kappa shape index (κ2) is 16.0. The summed E-state index contributed by atoms with van der Waals surface area (Å²) in [5, 5.41) is 10.3. The maximum absolute atomic E-state index is 14.9. The summed E-state index contributed by atoms with van der Waals surface area (Å²) in [5.74, 6) is -2.44. The quantitative estimate of drug-likeness (QED) is 0.120. The molecule has 0 bridgehead atoms. The number of nitrogens with zero attached hydrogens (tertiary/aromatic N) is 1. The Balaban J connectivity index is 1.59. The van der Waals surface area contributed by atoms with Crippen molar-refractivity contribution in [2.75, 3.05) is 13.4 Å². The number of phenols is 1. The Hall–Kier alpha value is -4.29. The fourth-order valence-corrected chi connectivity index (χ4v) is 9.08. The number of hydrogen-bond acceptors (Lipinski definition) is 9. The van der Waals surface area contributed by atoms with E-state index >= 15 is 0 Å². The molecular formula is C35H30Cl2F2N2O9S3.